The fraction of sp³-hybridized carbons (Fsp3) is 0.571. The van der Waals surface area contributed by atoms with Gasteiger partial charge >= 0.3 is 0 Å². The molecule has 1 aromatic rings. The van der Waals surface area contributed by atoms with Crippen molar-refractivity contribution in [3.63, 3.8) is 0 Å². The molecule has 0 radical (unpaired) electrons. The largest absolute Gasteiger partial charge is 0.377 e. The van der Waals surface area contributed by atoms with Crippen molar-refractivity contribution in [2.24, 2.45) is 5.73 Å². The van der Waals surface area contributed by atoms with Crippen molar-refractivity contribution in [3.05, 3.63) is 35.4 Å². The molecule has 1 aromatic carbocycles. The van der Waals surface area contributed by atoms with Gasteiger partial charge in [-0.2, -0.15) is 0 Å². The molecule has 0 aliphatic rings. The second kappa shape index (κ2) is 6.25. The number of hydrogen-bond acceptors (Lipinski definition) is 2. The Morgan fingerprint density at radius 1 is 1.28 bits per heavy atom. The lowest BCUT2D eigenvalue weighted by Gasteiger charge is -2.36. The Balaban J connectivity index is 2.89. The van der Waals surface area contributed by atoms with Gasteiger partial charge in [-0.25, -0.2) is 8.78 Å². The van der Waals surface area contributed by atoms with Crippen LogP contribution in [0.3, 0.4) is 0 Å². The van der Waals surface area contributed by atoms with Crippen molar-refractivity contribution in [1.29, 1.82) is 0 Å². The number of halogens is 2. The van der Waals surface area contributed by atoms with Crippen molar-refractivity contribution in [2.45, 2.75) is 44.8 Å². The zero-order valence-corrected chi connectivity index (χ0v) is 11.2. The minimum Gasteiger partial charge on any atom is -0.377 e. The third kappa shape index (κ3) is 3.06. The number of nitrogens with two attached hydrogens (primary N) is 1. The summed E-state index contributed by atoms with van der Waals surface area (Å²) < 4.78 is 31.9. The lowest BCUT2D eigenvalue weighted by atomic mass is 9.85. The minimum atomic E-state index is -0.575. The maximum atomic E-state index is 13.6. The fourth-order valence-corrected chi connectivity index (χ4v) is 2.32. The first-order chi connectivity index (χ1) is 8.49. The Hall–Kier alpha value is -1.00. The quantitative estimate of drug-likeness (QED) is 0.850. The molecule has 18 heavy (non-hydrogen) atoms. The van der Waals surface area contributed by atoms with Crippen LogP contribution in [0.1, 0.15) is 32.3 Å². The van der Waals surface area contributed by atoms with Gasteiger partial charge in [-0.3, -0.25) is 0 Å². The Labute approximate surface area is 107 Å². The lowest BCUT2D eigenvalue weighted by Crippen LogP contribution is -2.50. The summed E-state index contributed by atoms with van der Waals surface area (Å²) >= 11 is 0. The molecule has 0 heterocycles. The van der Waals surface area contributed by atoms with Crippen molar-refractivity contribution in [1.82, 2.24) is 0 Å². The summed E-state index contributed by atoms with van der Waals surface area (Å²) in [4.78, 5) is 0. The highest BCUT2D eigenvalue weighted by Crippen LogP contribution is 2.26. The van der Waals surface area contributed by atoms with Gasteiger partial charge in [-0.05, 0) is 30.9 Å². The smallest absolute Gasteiger partial charge is 0.129 e. The summed E-state index contributed by atoms with van der Waals surface area (Å²) in [5.41, 5.74) is 6.10. The number of ether oxygens (including phenoxy) is 1. The van der Waals surface area contributed by atoms with Crippen LogP contribution in [0.4, 0.5) is 8.78 Å². The van der Waals surface area contributed by atoms with Gasteiger partial charge in [0.1, 0.15) is 11.6 Å². The molecular formula is C14H21F2NO. The van der Waals surface area contributed by atoms with Gasteiger partial charge in [-0.1, -0.05) is 19.9 Å². The predicted molar refractivity (Wildman–Crippen MR) is 68.4 cm³/mol. The number of hydrogen-bond donors (Lipinski definition) is 1. The predicted octanol–water partition coefficient (Wildman–Crippen LogP) is 3.04. The SMILES string of the molecule is CCC(CC)(OC)C(N)Cc1ccc(F)cc1F. The monoisotopic (exact) mass is 257 g/mol. The normalized spacial score (nSPS) is 13.7. The Morgan fingerprint density at radius 3 is 2.33 bits per heavy atom. The molecule has 0 fully saturated rings. The van der Waals surface area contributed by atoms with Gasteiger partial charge in [0.2, 0.25) is 0 Å². The molecule has 1 rings (SSSR count). The highest BCUT2D eigenvalue weighted by Gasteiger charge is 2.33. The summed E-state index contributed by atoms with van der Waals surface area (Å²) in [6.07, 6.45) is 1.84. The summed E-state index contributed by atoms with van der Waals surface area (Å²) in [5, 5.41) is 0. The molecule has 0 saturated heterocycles. The molecule has 0 saturated carbocycles. The van der Waals surface area contributed by atoms with Crippen LogP contribution in [0.25, 0.3) is 0 Å². The van der Waals surface area contributed by atoms with Gasteiger partial charge in [0.25, 0.3) is 0 Å². The van der Waals surface area contributed by atoms with Crippen LogP contribution in [-0.2, 0) is 11.2 Å². The van der Waals surface area contributed by atoms with E-state index in [1.54, 1.807) is 7.11 Å². The summed E-state index contributed by atoms with van der Waals surface area (Å²) in [6, 6.07) is 3.25. The van der Waals surface area contributed by atoms with Crippen molar-refractivity contribution < 1.29 is 13.5 Å². The van der Waals surface area contributed by atoms with Gasteiger partial charge in [0.05, 0.1) is 5.60 Å². The first-order valence-corrected chi connectivity index (χ1v) is 6.23. The highest BCUT2D eigenvalue weighted by molar-refractivity contribution is 5.20. The van der Waals surface area contributed by atoms with E-state index in [2.05, 4.69) is 0 Å². The number of methoxy groups -OCH3 is 1. The molecule has 102 valence electrons. The third-order valence-corrected chi connectivity index (χ3v) is 3.73. The molecule has 0 aliphatic carbocycles. The van der Waals surface area contributed by atoms with E-state index in [1.165, 1.54) is 12.1 Å². The second-order valence-electron chi connectivity index (χ2n) is 4.52. The molecule has 0 bridgehead atoms. The zero-order valence-electron chi connectivity index (χ0n) is 11.2. The van der Waals surface area contributed by atoms with Crippen molar-refractivity contribution >= 4 is 0 Å². The summed E-state index contributed by atoms with van der Waals surface area (Å²) in [5.74, 6) is -1.13. The molecule has 0 aliphatic heterocycles. The van der Waals surface area contributed by atoms with Gasteiger partial charge in [-0.15, -0.1) is 0 Å². The zero-order chi connectivity index (χ0) is 13.8. The average molecular weight is 257 g/mol. The van der Waals surface area contributed by atoms with Crippen LogP contribution in [0, 0.1) is 11.6 Å². The first-order valence-electron chi connectivity index (χ1n) is 6.23. The van der Waals surface area contributed by atoms with Crippen LogP contribution >= 0.6 is 0 Å². The summed E-state index contributed by atoms with van der Waals surface area (Å²) in [7, 11) is 1.62. The van der Waals surface area contributed by atoms with Crippen LogP contribution in [-0.4, -0.2) is 18.8 Å². The van der Waals surface area contributed by atoms with E-state index in [4.69, 9.17) is 10.5 Å². The number of benzene rings is 1. The van der Waals surface area contributed by atoms with Crippen molar-refractivity contribution in [2.75, 3.05) is 7.11 Å². The fourth-order valence-electron chi connectivity index (χ4n) is 2.32. The van der Waals surface area contributed by atoms with Gasteiger partial charge in [0.15, 0.2) is 0 Å². The molecule has 1 unspecified atom stereocenters. The Kier molecular flexibility index (Phi) is 5.23. The van der Waals surface area contributed by atoms with E-state index in [-0.39, 0.29) is 6.04 Å². The minimum absolute atomic E-state index is 0.322. The van der Waals surface area contributed by atoms with E-state index >= 15 is 0 Å². The Bertz CT molecular complexity index is 383. The van der Waals surface area contributed by atoms with E-state index in [0.717, 1.165) is 18.9 Å². The maximum absolute atomic E-state index is 13.6. The summed E-state index contributed by atoms with van der Waals surface area (Å²) in [6.45, 7) is 3.99. The Morgan fingerprint density at radius 2 is 1.89 bits per heavy atom. The topological polar surface area (TPSA) is 35.2 Å². The molecule has 2 nitrogen and oxygen atoms in total. The molecule has 4 heteroatoms. The van der Waals surface area contributed by atoms with E-state index in [1.807, 2.05) is 13.8 Å². The molecular weight excluding hydrogens is 236 g/mol. The van der Waals surface area contributed by atoms with Crippen LogP contribution in [0.2, 0.25) is 0 Å². The third-order valence-electron chi connectivity index (χ3n) is 3.73. The van der Waals surface area contributed by atoms with Gasteiger partial charge < -0.3 is 10.5 Å². The maximum Gasteiger partial charge on any atom is 0.129 e. The average Bonchev–Trinajstić information content (AvgIpc) is 2.36. The van der Waals surface area contributed by atoms with Crippen LogP contribution < -0.4 is 5.73 Å². The lowest BCUT2D eigenvalue weighted by molar-refractivity contribution is -0.0375. The van der Waals surface area contributed by atoms with Crippen molar-refractivity contribution in [3.8, 4) is 0 Å². The van der Waals surface area contributed by atoms with Gasteiger partial charge in [0, 0.05) is 19.2 Å². The van der Waals surface area contributed by atoms with E-state index in [9.17, 15) is 8.78 Å². The van der Waals surface area contributed by atoms with Crippen LogP contribution in [0.15, 0.2) is 18.2 Å². The van der Waals surface area contributed by atoms with E-state index in [0.29, 0.717) is 12.0 Å². The standard InChI is InChI=1S/C14H21F2NO/c1-4-14(5-2,18-3)13(17)8-10-6-7-11(15)9-12(10)16/h6-7,9,13H,4-5,8,17H2,1-3H3. The van der Waals surface area contributed by atoms with Crippen LogP contribution in [0.5, 0.6) is 0 Å². The molecule has 0 spiro atoms. The number of rotatable bonds is 6. The molecule has 1 atom stereocenters. The first kappa shape index (κ1) is 15.1. The second-order valence-corrected chi connectivity index (χ2v) is 4.52. The molecule has 0 amide bonds. The highest BCUT2D eigenvalue weighted by atomic mass is 19.1. The molecule has 2 N–H and O–H groups in total. The molecule has 0 aromatic heterocycles. The van der Waals surface area contributed by atoms with E-state index < -0.39 is 17.2 Å².